The Labute approximate surface area is 118 Å². The standard InChI is InChI=1S/C13H17ClN2OS/c14-11-6-10(13(15)18)3-4-12(11)16-7-9-2-1-5-17-8-9/h3-4,6,9,16H,1-2,5,7-8H2,(H2,15,18). The number of rotatable bonds is 4. The summed E-state index contributed by atoms with van der Waals surface area (Å²) in [6.07, 6.45) is 2.34. The van der Waals surface area contributed by atoms with Gasteiger partial charge in [-0.25, -0.2) is 0 Å². The number of hydrogen-bond donors (Lipinski definition) is 2. The zero-order chi connectivity index (χ0) is 13.0. The molecule has 1 unspecified atom stereocenters. The molecule has 0 radical (unpaired) electrons. The van der Waals surface area contributed by atoms with Crippen molar-refractivity contribution >= 4 is 34.5 Å². The van der Waals surface area contributed by atoms with E-state index < -0.39 is 0 Å². The molecule has 1 fully saturated rings. The maximum atomic E-state index is 6.18. The van der Waals surface area contributed by atoms with Crippen LogP contribution < -0.4 is 11.1 Å². The van der Waals surface area contributed by atoms with Gasteiger partial charge in [0.2, 0.25) is 0 Å². The van der Waals surface area contributed by atoms with Crippen LogP contribution in [0.5, 0.6) is 0 Å². The molecular formula is C13H17ClN2OS. The van der Waals surface area contributed by atoms with Gasteiger partial charge in [-0.15, -0.1) is 0 Å². The van der Waals surface area contributed by atoms with E-state index in [4.69, 9.17) is 34.3 Å². The SMILES string of the molecule is NC(=S)c1ccc(NCC2CCCOC2)c(Cl)c1. The molecule has 1 aliphatic rings. The van der Waals surface area contributed by atoms with Gasteiger partial charge < -0.3 is 15.8 Å². The first kappa shape index (κ1) is 13.6. The Bertz CT molecular complexity index is 433. The minimum atomic E-state index is 0.365. The Morgan fingerprint density at radius 2 is 2.39 bits per heavy atom. The fourth-order valence-electron chi connectivity index (χ4n) is 2.03. The van der Waals surface area contributed by atoms with Crippen LogP contribution in [0, 0.1) is 5.92 Å². The fraction of sp³-hybridized carbons (Fsp3) is 0.462. The third kappa shape index (κ3) is 3.57. The first-order valence-corrected chi connectivity index (χ1v) is 6.86. The largest absolute Gasteiger partial charge is 0.389 e. The number of hydrogen-bond acceptors (Lipinski definition) is 3. The van der Waals surface area contributed by atoms with Gasteiger partial charge in [-0.05, 0) is 37.0 Å². The number of nitrogens with two attached hydrogens (primary N) is 1. The Morgan fingerprint density at radius 3 is 3.00 bits per heavy atom. The number of halogens is 1. The monoisotopic (exact) mass is 284 g/mol. The molecule has 1 aliphatic heterocycles. The summed E-state index contributed by atoms with van der Waals surface area (Å²) in [5.74, 6) is 0.560. The van der Waals surface area contributed by atoms with E-state index in [1.165, 1.54) is 6.42 Å². The molecule has 0 bridgehead atoms. The molecule has 3 nitrogen and oxygen atoms in total. The fourth-order valence-corrected chi connectivity index (χ4v) is 2.41. The minimum absolute atomic E-state index is 0.365. The number of ether oxygens (including phenoxy) is 1. The third-order valence-electron chi connectivity index (χ3n) is 3.09. The van der Waals surface area contributed by atoms with Crippen LogP contribution in [-0.4, -0.2) is 24.7 Å². The molecule has 5 heteroatoms. The molecule has 1 aromatic rings. The third-order valence-corrected chi connectivity index (χ3v) is 3.64. The molecule has 0 amide bonds. The molecule has 0 spiro atoms. The van der Waals surface area contributed by atoms with Crippen molar-refractivity contribution in [1.29, 1.82) is 0 Å². The van der Waals surface area contributed by atoms with E-state index in [0.717, 1.165) is 37.4 Å². The van der Waals surface area contributed by atoms with Crippen molar-refractivity contribution in [3.05, 3.63) is 28.8 Å². The van der Waals surface area contributed by atoms with E-state index in [1.54, 1.807) is 6.07 Å². The molecule has 1 aromatic carbocycles. The van der Waals surface area contributed by atoms with Crippen molar-refractivity contribution in [2.75, 3.05) is 25.1 Å². The maximum Gasteiger partial charge on any atom is 0.104 e. The lowest BCUT2D eigenvalue weighted by molar-refractivity contribution is 0.0595. The van der Waals surface area contributed by atoms with Gasteiger partial charge in [0.15, 0.2) is 0 Å². The highest BCUT2D eigenvalue weighted by molar-refractivity contribution is 7.80. The highest BCUT2D eigenvalue weighted by Crippen LogP contribution is 2.24. The van der Waals surface area contributed by atoms with Crippen LogP contribution in [0.3, 0.4) is 0 Å². The van der Waals surface area contributed by atoms with Crippen LogP contribution in [-0.2, 0) is 4.74 Å². The molecule has 0 aromatic heterocycles. The van der Waals surface area contributed by atoms with Crippen LogP contribution >= 0.6 is 23.8 Å². The smallest absolute Gasteiger partial charge is 0.104 e. The van der Waals surface area contributed by atoms with Gasteiger partial charge in [-0.3, -0.25) is 0 Å². The molecule has 1 atom stereocenters. The highest BCUT2D eigenvalue weighted by atomic mass is 35.5. The zero-order valence-corrected chi connectivity index (χ0v) is 11.7. The predicted molar refractivity (Wildman–Crippen MR) is 79.4 cm³/mol. The normalized spacial score (nSPS) is 19.5. The average molecular weight is 285 g/mol. The van der Waals surface area contributed by atoms with Gasteiger partial charge in [0.25, 0.3) is 0 Å². The van der Waals surface area contributed by atoms with E-state index in [0.29, 0.717) is 15.9 Å². The topological polar surface area (TPSA) is 47.3 Å². The van der Waals surface area contributed by atoms with Crippen molar-refractivity contribution in [2.45, 2.75) is 12.8 Å². The first-order chi connectivity index (χ1) is 8.66. The van der Waals surface area contributed by atoms with Crippen molar-refractivity contribution in [3.8, 4) is 0 Å². The first-order valence-electron chi connectivity index (χ1n) is 6.08. The second-order valence-corrected chi connectivity index (χ2v) is 5.37. The van der Waals surface area contributed by atoms with E-state index >= 15 is 0 Å². The van der Waals surface area contributed by atoms with Gasteiger partial charge in [0.1, 0.15) is 4.99 Å². The lowest BCUT2D eigenvalue weighted by atomic mass is 10.0. The summed E-state index contributed by atoms with van der Waals surface area (Å²) in [6.45, 7) is 2.60. The molecule has 18 heavy (non-hydrogen) atoms. The van der Waals surface area contributed by atoms with E-state index in [-0.39, 0.29) is 0 Å². The maximum absolute atomic E-state index is 6.18. The van der Waals surface area contributed by atoms with Gasteiger partial charge in [0.05, 0.1) is 17.3 Å². The molecule has 3 N–H and O–H groups in total. The van der Waals surface area contributed by atoms with Crippen LogP contribution in [0.2, 0.25) is 5.02 Å². The quantitative estimate of drug-likeness (QED) is 0.835. The Hall–Kier alpha value is -0.840. The second-order valence-electron chi connectivity index (χ2n) is 4.52. The van der Waals surface area contributed by atoms with E-state index in [2.05, 4.69) is 5.32 Å². The van der Waals surface area contributed by atoms with Crippen LogP contribution in [0.1, 0.15) is 18.4 Å². The Morgan fingerprint density at radius 1 is 1.56 bits per heavy atom. The summed E-state index contributed by atoms with van der Waals surface area (Å²) in [4.78, 5) is 0.365. The lowest BCUT2D eigenvalue weighted by Gasteiger charge is -2.23. The van der Waals surface area contributed by atoms with Crippen molar-refractivity contribution in [1.82, 2.24) is 0 Å². The second kappa shape index (κ2) is 6.36. The summed E-state index contributed by atoms with van der Waals surface area (Å²) in [7, 11) is 0. The van der Waals surface area contributed by atoms with Gasteiger partial charge in [-0.1, -0.05) is 23.8 Å². The van der Waals surface area contributed by atoms with Crippen LogP contribution in [0.25, 0.3) is 0 Å². The van der Waals surface area contributed by atoms with E-state index in [1.807, 2.05) is 12.1 Å². The number of thiocarbonyl (C=S) groups is 1. The number of nitrogens with one attached hydrogen (secondary N) is 1. The molecule has 2 rings (SSSR count). The predicted octanol–water partition coefficient (Wildman–Crippen LogP) is 2.81. The van der Waals surface area contributed by atoms with E-state index in [9.17, 15) is 0 Å². The summed E-state index contributed by atoms with van der Waals surface area (Å²) in [5.41, 5.74) is 7.27. The van der Waals surface area contributed by atoms with Crippen LogP contribution in [0.15, 0.2) is 18.2 Å². The number of benzene rings is 1. The summed E-state index contributed by atoms with van der Waals surface area (Å²) in [6, 6.07) is 5.60. The average Bonchev–Trinajstić information content (AvgIpc) is 2.38. The Kier molecular flexibility index (Phi) is 4.80. The van der Waals surface area contributed by atoms with Gasteiger partial charge in [0, 0.05) is 18.7 Å². The van der Waals surface area contributed by atoms with Crippen molar-refractivity contribution < 1.29 is 4.74 Å². The molecule has 0 saturated carbocycles. The zero-order valence-electron chi connectivity index (χ0n) is 10.1. The highest BCUT2D eigenvalue weighted by Gasteiger charge is 2.14. The van der Waals surface area contributed by atoms with Gasteiger partial charge >= 0.3 is 0 Å². The number of anilines is 1. The molecule has 0 aliphatic carbocycles. The van der Waals surface area contributed by atoms with Crippen molar-refractivity contribution in [2.24, 2.45) is 11.7 Å². The summed E-state index contributed by atoms with van der Waals surface area (Å²) in [5, 5.41) is 4.00. The molecule has 1 heterocycles. The van der Waals surface area contributed by atoms with Crippen LogP contribution in [0.4, 0.5) is 5.69 Å². The van der Waals surface area contributed by atoms with Gasteiger partial charge in [-0.2, -0.15) is 0 Å². The Balaban J connectivity index is 1.94. The van der Waals surface area contributed by atoms with Crippen molar-refractivity contribution in [3.63, 3.8) is 0 Å². The minimum Gasteiger partial charge on any atom is -0.389 e. The summed E-state index contributed by atoms with van der Waals surface area (Å²) < 4.78 is 5.44. The summed E-state index contributed by atoms with van der Waals surface area (Å²) >= 11 is 11.1. The molecule has 1 saturated heterocycles. The lowest BCUT2D eigenvalue weighted by Crippen LogP contribution is -2.24. The molecular weight excluding hydrogens is 268 g/mol. The molecule has 98 valence electrons.